The number of nitrogens with zero attached hydrogens (tertiary/aromatic N) is 4. The summed E-state index contributed by atoms with van der Waals surface area (Å²) in [5.41, 5.74) is 8.10. The Morgan fingerprint density at radius 3 is 2.76 bits per heavy atom. The van der Waals surface area contributed by atoms with Gasteiger partial charge in [0.2, 0.25) is 0 Å². The first-order valence-electron chi connectivity index (χ1n) is 11.6. The lowest BCUT2D eigenvalue weighted by Crippen LogP contribution is -2.30. The van der Waals surface area contributed by atoms with E-state index in [1.807, 2.05) is 0 Å². The fourth-order valence-electron chi connectivity index (χ4n) is 4.77. The number of carbonyl (C=O) groups excluding carboxylic acids is 2. The van der Waals surface area contributed by atoms with E-state index in [-0.39, 0.29) is 35.0 Å². The van der Waals surface area contributed by atoms with E-state index < -0.39 is 11.6 Å². The van der Waals surface area contributed by atoms with Crippen LogP contribution in [-0.2, 0) is 13.6 Å². The second kappa shape index (κ2) is 9.25. The third kappa shape index (κ3) is 3.97. The number of anilines is 2. The largest absolute Gasteiger partial charge is 0.356 e. The molecule has 0 spiro atoms. The molecule has 4 aromatic rings. The number of pyridine rings is 2. The SMILES string of the molecule is CN(CCCN)C(=O)c1cc2c(cc1C=O)N(c1ncc(F)cc1F)Cc1c[nH]c3c(=O)n(C)cc-2c13. The van der Waals surface area contributed by atoms with Gasteiger partial charge < -0.3 is 25.1 Å². The summed E-state index contributed by atoms with van der Waals surface area (Å²) in [7, 11) is 3.23. The first kappa shape index (κ1) is 24.3. The van der Waals surface area contributed by atoms with E-state index in [0.717, 1.165) is 12.3 Å². The minimum atomic E-state index is -0.895. The number of aryl methyl sites for hydroxylation is 1. The molecule has 0 saturated heterocycles. The number of benzene rings is 1. The lowest BCUT2D eigenvalue weighted by atomic mass is 9.95. The zero-order chi connectivity index (χ0) is 26.4. The predicted molar refractivity (Wildman–Crippen MR) is 135 cm³/mol. The third-order valence-corrected chi connectivity index (χ3v) is 6.61. The molecule has 5 rings (SSSR count). The number of hydrogen-bond donors (Lipinski definition) is 2. The summed E-state index contributed by atoms with van der Waals surface area (Å²) in [5, 5.41) is 0.614. The average Bonchev–Trinajstić information content (AvgIpc) is 3.26. The van der Waals surface area contributed by atoms with E-state index in [0.29, 0.717) is 59.1 Å². The van der Waals surface area contributed by atoms with Gasteiger partial charge in [-0.15, -0.1) is 0 Å². The van der Waals surface area contributed by atoms with Crippen molar-refractivity contribution in [1.29, 1.82) is 0 Å². The standard InChI is InChI=1S/C26H24F2N6O3/c1-32(5-3-4-29)25(36)17-8-18-19-12-33(2)26(37)23-22(19)15(9-30-23)11-34(21(18)6-14(17)13-35)24-20(28)7-16(27)10-31-24/h6-10,12-13,30H,3-5,11,29H2,1-2H3. The molecule has 37 heavy (non-hydrogen) atoms. The van der Waals surface area contributed by atoms with Crippen molar-refractivity contribution in [3.05, 3.63) is 75.5 Å². The van der Waals surface area contributed by atoms with Crippen LogP contribution in [0.1, 0.15) is 32.7 Å². The van der Waals surface area contributed by atoms with Crippen molar-refractivity contribution in [3.63, 3.8) is 0 Å². The summed E-state index contributed by atoms with van der Waals surface area (Å²) in [6.07, 6.45) is 5.36. The Balaban J connectivity index is 1.82. The van der Waals surface area contributed by atoms with Crippen LogP contribution in [0.2, 0.25) is 0 Å². The molecule has 1 aromatic carbocycles. The van der Waals surface area contributed by atoms with Crippen LogP contribution in [0, 0.1) is 11.6 Å². The number of aldehydes is 1. The molecule has 0 fully saturated rings. The molecule has 0 aliphatic carbocycles. The monoisotopic (exact) mass is 506 g/mol. The van der Waals surface area contributed by atoms with Gasteiger partial charge in [-0.05, 0) is 30.7 Å². The molecule has 4 heterocycles. The maximum Gasteiger partial charge on any atom is 0.274 e. The van der Waals surface area contributed by atoms with Crippen molar-refractivity contribution in [3.8, 4) is 11.1 Å². The Bertz CT molecular complexity index is 1630. The number of nitrogens with two attached hydrogens (primary N) is 1. The van der Waals surface area contributed by atoms with Crippen LogP contribution in [0.3, 0.4) is 0 Å². The van der Waals surface area contributed by atoms with E-state index in [2.05, 4.69) is 9.97 Å². The average molecular weight is 507 g/mol. The third-order valence-electron chi connectivity index (χ3n) is 6.61. The number of halogens is 2. The fraction of sp³-hybridized carbons (Fsp3) is 0.231. The molecule has 0 atom stereocenters. The van der Waals surface area contributed by atoms with E-state index in [9.17, 15) is 18.8 Å². The normalized spacial score (nSPS) is 12.4. The van der Waals surface area contributed by atoms with E-state index in [1.54, 1.807) is 32.6 Å². The number of rotatable bonds is 6. The molecular weight excluding hydrogens is 482 g/mol. The van der Waals surface area contributed by atoms with Gasteiger partial charge in [0.15, 0.2) is 17.9 Å². The van der Waals surface area contributed by atoms with Crippen LogP contribution in [0.25, 0.3) is 22.0 Å². The molecule has 3 aromatic heterocycles. The van der Waals surface area contributed by atoms with Crippen LogP contribution >= 0.6 is 0 Å². The smallest absolute Gasteiger partial charge is 0.274 e. The van der Waals surface area contributed by atoms with E-state index in [1.165, 1.54) is 20.4 Å². The van der Waals surface area contributed by atoms with E-state index >= 15 is 4.39 Å². The van der Waals surface area contributed by atoms with Crippen LogP contribution in [0.5, 0.6) is 0 Å². The molecule has 0 unspecified atom stereocenters. The van der Waals surface area contributed by atoms with Crippen molar-refractivity contribution in [2.75, 3.05) is 25.0 Å². The van der Waals surface area contributed by atoms with Crippen molar-refractivity contribution < 1.29 is 18.4 Å². The lowest BCUT2D eigenvalue weighted by molar-refractivity contribution is 0.0791. The molecule has 0 radical (unpaired) electrons. The molecule has 1 aliphatic heterocycles. The summed E-state index contributed by atoms with van der Waals surface area (Å²) in [6.45, 7) is 0.873. The van der Waals surface area contributed by atoms with Gasteiger partial charge in [-0.3, -0.25) is 14.4 Å². The molecule has 1 amide bonds. The highest BCUT2D eigenvalue weighted by Crippen LogP contribution is 2.44. The molecule has 3 N–H and O–H groups in total. The van der Waals surface area contributed by atoms with Crippen molar-refractivity contribution in [1.82, 2.24) is 19.4 Å². The number of carbonyl (C=O) groups is 2. The fourth-order valence-corrected chi connectivity index (χ4v) is 4.77. The van der Waals surface area contributed by atoms with E-state index in [4.69, 9.17) is 5.73 Å². The first-order valence-corrected chi connectivity index (χ1v) is 11.6. The highest BCUT2D eigenvalue weighted by Gasteiger charge is 2.30. The minimum absolute atomic E-state index is 0.0741. The Morgan fingerprint density at radius 2 is 2.05 bits per heavy atom. The maximum atomic E-state index is 15.0. The van der Waals surface area contributed by atoms with Gasteiger partial charge in [-0.25, -0.2) is 13.8 Å². The lowest BCUT2D eigenvalue weighted by Gasteiger charge is -2.26. The Labute approximate surface area is 210 Å². The molecule has 0 saturated carbocycles. The highest BCUT2D eigenvalue weighted by molar-refractivity contribution is 6.08. The zero-order valence-corrected chi connectivity index (χ0v) is 20.2. The number of aromatic nitrogens is 3. The van der Waals surface area contributed by atoms with Crippen molar-refractivity contribution in [2.24, 2.45) is 12.8 Å². The van der Waals surface area contributed by atoms with Crippen LogP contribution in [-0.4, -0.2) is 51.8 Å². The summed E-state index contributed by atoms with van der Waals surface area (Å²) >= 11 is 0. The number of H-pyrrole nitrogens is 1. The molecule has 190 valence electrons. The van der Waals surface area contributed by atoms with Crippen molar-refractivity contribution >= 4 is 34.6 Å². The minimum Gasteiger partial charge on any atom is -0.356 e. The van der Waals surface area contributed by atoms with Gasteiger partial charge >= 0.3 is 0 Å². The molecule has 0 bridgehead atoms. The Morgan fingerprint density at radius 1 is 1.27 bits per heavy atom. The number of amides is 1. The first-order chi connectivity index (χ1) is 17.7. The summed E-state index contributed by atoms with van der Waals surface area (Å²) in [6, 6.07) is 3.81. The van der Waals surface area contributed by atoms with Crippen LogP contribution < -0.4 is 16.2 Å². The maximum absolute atomic E-state index is 15.0. The molecule has 11 heteroatoms. The highest BCUT2D eigenvalue weighted by atomic mass is 19.1. The predicted octanol–water partition coefficient (Wildman–Crippen LogP) is 3.09. The summed E-state index contributed by atoms with van der Waals surface area (Å²) < 4.78 is 30.1. The quantitative estimate of drug-likeness (QED) is 0.388. The van der Waals surface area contributed by atoms with Gasteiger partial charge in [-0.1, -0.05) is 0 Å². The van der Waals surface area contributed by atoms with Gasteiger partial charge in [0.05, 0.1) is 24.0 Å². The van der Waals surface area contributed by atoms with Crippen LogP contribution in [0.4, 0.5) is 20.3 Å². The van der Waals surface area contributed by atoms with Crippen molar-refractivity contribution in [2.45, 2.75) is 13.0 Å². The van der Waals surface area contributed by atoms with Gasteiger partial charge in [-0.2, -0.15) is 0 Å². The zero-order valence-electron chi connectivity index (χ0n) is 20.2. The number of hydrogen-bond acceptors (Lipinski definition) is 6. The van der Waals surface area contributed by atoms with Gasteiger partial charge in [0.1, 0.15) is 11.3 Å². The number of nitrogens with one attached hydrogen (secondary N) is 1. The second-order valence-corrected chi connectivity index (χ2v) is 9.01. The Kier molecular flexibility index (Phi) is 6.08. The molecule has 1 aliphatic rings. The second-order valence-electron chi connectivity index (χ2n) is 9.01. The topological polar surface area (TPSA) is 117 Å². The van der Waals surface area contributed by atoms with Crippen LogP contribution in [0.15, 0.2) is 41.6 Å². The number of fused-ring (bicyclic) bond motifs is 2. The number of aromatic amines is 1. The Hall–Kier alpha value is -4.38. The summed E-state index contributed by atoms with van der Waals surface area (Å²) in [5.74, 6) is -2.27. The summed E-state index contributed by atoms with van der Waals surface area (Å²) in [4.78, 5) is 48.3. The molecule has 9 nitrogen and oxygen atoms in total. The van der Waals surface area contributed by atoms with Gasteiger partial charge in [0.25, 0.3) is 11.5 Å². The molecular formula is C26H24F2N6O3. The van der Waals surface area contributed by atoms with Gasteiger partial charge in [0, 0.05) is 61.2 Å².